The van der Waals surface area contributed by atoms with Gasteiger partial charge < -0.3 is 10.8 Å². The first-order valence-corrected chi connectivity index (χ1v) is 4.05. The molecule has 0 aromatic carbocycles. The minimum absolute atomic E-state index is 0.0228. The number of carboxylic acid groups (broad SMARTS) is 1. The van der Waals surface area contributed by atoms with E-state index in [0.717, 1.165) is 19.3 Å². The quantitative estimate of drug-likeness (QED) is 0.474. The molecule has 0 spiro atoms. The van der Waals surface area contributed by atoms with Crippen LogP contribution >= 0.6 is 0 Å². The average molecular weight is 167 g/mol. The zero-order chi connectivity index (χ0) is 9.14. The highest BCUT2D eigenvalue weighted by atomic mass is 16.4. The lowest BCUT2D eigenvalue weighted by Gasteiger charge is -2.13. The van der Waals surface area contributed by atoms with Gasteiger partial charge in [-0.05, 0) is 12.8 Å². The monoisotopic (exact) mass is 167 g/mol. The molecular weight excluding hydrogens is 154 g/mol. The predicted molar refractivity (Wildman–Crippen MR) is 45.6 cm³/mol. The van der Waals surface area contributed by atoms with E-state index in [-0.39, 0.29) is 17.5 Å². The molecule has 66 valence electrons. The zero-order valence-corrected chi connectivity index (χ0v) is 6.92. The number of nitrogens with two attached hydrogens (primary N) is 1. The normalized spacial score (nSPS) is 28.1. The van der Waals surface area contributed by atoms with E-state index < -0.39 is 5.97 Å². The molecule has 0 aromatic rings. The lowest BCUT2D eigenvalue weighted by Crippen LogP contribution is -2.28. The summed E-state index contributed by atoms with van der Waals surface area (Å²) in [6.07, 6.45) is 2.76. The molecule has 1 fully saturated rings. The van der Waals surface area contributed by atoms with Gasteiger partial charge in [0.15, 0.2) is 0 Å². The van der Waals surface area contributed by atoms with E-state index in [1.165, 1.54) is 0 Å². The summed E-state index contributed by atoms with van der Waals surface area (Å²) in [6, 6.07) is -0.0228. The zero-order valence-electron chi connectivity index (χ0n) is 6.92. The van der Waals surface area contributed by atoms with Gasteiger partial charge in [-0.3, -0.25) is 0 Å². The standard InChI is InChI=1S/C9H13NO2/c1-2-6(9(11)12)7-4-3-5-8(7)10/h7-8H,1,3-5,10H2,(H,11,12). The van der Waals surface area contributed by atoms with Crippen molar-refractivity contribution < 1.29 is 9.90 Å². The van der Waals surface area contributed by atoms with Crippen LogP contribution in [0.4, 0.5) is 0 Å². The van der Waals surface area contributed by atoms with Crippen LogP contribution in [0.25, 0.3) is 0 Å². The first-order valence-electron chi connectivity index (χ1n) is 4.05. The van der Waals surface area contributed by atoms with Gasteiger partial charge in [0, 0.05) is 12.0 Å². The molecule has 3 nitrogen and oxygen atoms in total. The summed E-state index contributed by atoms with van der Waals surface area (Å²) in [5.74, 6) is -0.979. The predicted octanol–water partition coefficient (Wildman–Crippen LogP) is 0.910. The number of hydrogen-bond acceptors (Lipinski definition) is 2. The van der Waals surface area contributed by atoms with Crippen molar-refractivity contribution in [3.8, 4) is 0 Å². The highest BCUT2D eigenvalue weighted by molar-refractivity contribution is 5.87. The molecule has 0 heterocycles. The van der Waals surface area contributed by atoms with Gasteiger partial charge in [-0.2, -0.15) is 0 Å². The smallest absolute Gasteiger partial charge is 0.339 e. The van der Waals surface area contributed by atoms with E-state index in [2.05, 4.69) is 12.3 Å². The van der Waals surface area contributed by atoms with Gasteiger partial charge in [-0.25, -0.2) is 4.79 Å². The van der Waals surface area contributed by atoms with Crippen LogP contribution in [0.15, 0.2) is 17.9 Å². The van der Waals surface area contributed by atoms with Gasteiger partial charge in [0.25, 0.3) is 0 Å². The average Bonchev–Trinajstić information content (AvgIpc) is 2.38. The Morgan fingerprint density at radius 2 is 2.25 bits per heavy atom. The Morgan fingerprint density at radius 3 is 2.58 bits per heavy atom. The highest BCUT2D eigenvalue weighted by Gasteiger charge is 2.30. The summed E-state index contributed by atoms with van der Waals surface area (Å²) >= 11 is 0. The second kappa shape index (κ2) is 3.57. The van der Waals surface area contributed by atoms with Crippen molar-refractivity contribution >= 4 is 5.97 Å². The van der Waals surface area contributed by atoms with E-state index in [1.54, 1.807) is 0 Å². The Balaban J connectivity index is 2.80. The maximum Gasteiger partial charge on any atom is 0.339 e. The van der Waals surface area contributed by atoms with Gasteiger partial charge >= 0.3 is 5.97 Å². The summed E-state index contributed by atoms with van der Waals surface area (Å²) in [5.41, 5.74) is 8.45. The third-order valence-corrected chi connectivity index (χ3v) is 2.36. The van der Waals surface area contributed by atoms with Crippen LogP contribution in [0, 0.1) is 5.92 Å². The van der Waals surface area contributed by atoms with Crippen LogP contribution in [-0.2, 0) is 4.79 Å². The molecule has 2 unspecified atom stereocenters. The molecule has 0 aromatic heterocycles. The maximum atomic E-state index is 10.7. The Hall–Kier alpha value is -1.05. The minimum atomic E-state index is -0.938. The fraction of sp³-hybridized carbons (Fsp3) is 0.556. The summed E-state index contributed by atoms with van der Waals surface area (Å²) in [4.78, 5) is 10.7. The molecule has 0 aliphatic heterocycles. The van der Waals surface area contributed by atoms with E-state index in [9.17, 15) is 4.79 Å². The molecule has 3 heteroatoms. The van der Waals surface area contributed by atoms with Crippen LogP contribution in [0.3, 0.4) is 0 Å². The number of carboxylic acids is 1. The first kappa shape index (κ1) is 9.04. The molecule has 3 N–H and O–H groups in total. The van der Waals surface area contributed by atoms with Crippen molar-refractivity contribution in [3.63, 3.8) is 0 Å². The van der Waals surface area contributed by atoms with Crippen molar-refractivity contribution in [2.45, 2.75) is 25.3 Å². The second-order valence-corrected chi connectivity index (χ2v) is 3.10. The Morgan fingerprint density at radius 1 is 1.58 bits per heavy atom. The SMILES string of the molecule is C=C=C(C(=O)O)C1CCCC1N. The van der Waals surface area contributed by atoms with E-state index in [1.807, 2.05) is 0 Å². The van der Waals surface area contributed by atoms with Gasteiger partial charge in [-0.15, -0.1) is 5.73 Å². The second-order valence-electron chi connectivity index (χ2n) is 3.10. The van der Waals surface area contributed by atoms with Crippen LogP contribution in [0.5, 0.6) is 0 Å². The molecule has 0 saturated heterocycles. The molecule has 12 heavy (non-hydrogen) atoms. The van der Waals surface area contributed by atoms with Gasteiger partial charge in [0.1, 0.15) is 0 Å². The van der Waals surface area contributed by atoms with Crippen molar-refractivity contribution in [2.75, 3.05) is 0 Å². The fourth-order valence-corrected chi connectivity index (χ4v) is 1.71. The molecule has 0 radical (unpaired) electrons. The summed E-state index contributed by atoms with van der Waals surface area (Å²) < 4.78 is 0. The van der Waals surface area contributed by atoms with Crippen LogP contribution in [0.2, 0.25) is 0 Å². The van der Waals surface area contributed by atoms with Crippen LogP contribution in [0.1, 0.15) is 19.3 Å². The van der Waals surface area contributed by atoms with E-state index >= 15 is 0 Å². The molecule has 0 amide bonds. The third-order valence-electron chi connectivity index (χ3n) is 2.36. The maximum absolute atomic E-state index is 10.7. The molecule has 2 atom stereocenters. The van der Waals surface area contributed by atoms with Gasteiger partial charge in [0.2, 0.25) is 0 Å². The number of rotatable bonds is 2. The van der Waals surface area contributed by atoms with Crippen LogP contribution < -0.4 is 5.73 Å². The first-order chi connectivity index (χ1) is 5.66. The van der Waals surface area contributed by atoms with Crippen molar-refractivity contribution in [2.24, 2.45) is 11.7 Å². The summed E-state index contributed by atoms with van der Waals surface area (Å²) in [7, 11) is 0. The molecule has 0 bridgehead atoms. The largest absolute Gasteiger partial charge is 0.477 e. The lowest BCUT2D eigenvalue weighted by atomic mass is 9.95. The van der Waals surface area contributed by atoms with Gasteiger partial charge in [-0.1, -0.05) is 13.0 Å². The van der Waals surface area contributed by atoms with Crippen LogP contribution in [-0.4, -0.2) is 17.1 Å². The fourth-order valence-electron chi connectivity index (χ4n) is 1.71. The Kier molecular flexibility index (Phi) is 2.69. The molecule has 1 aliphatic carbocycles. The molecule has 1 aliphatic rings. The van der Waals surface area contributed by atoms with Crippen molar-refractivity contribution in [1.82, 2.24) is 0 Å². The lowest BCUT2D eigenvalue weighted by molar-refractivity contribution is -0.133. The van der Waals surface area contributed by atoms with Crippen molar-refractivity contribution in [3.05, 3.63) is 17.9 Å². The summed E-state index contributed by atoms with van der Waals surface area (Å²) in [5, 5.41) is 8.76. The number of aliphatic carboxylic acids is 1. The molecule has 1 rings (SSSR count). The van der Waals surface area contributed by atoms with E-state index in [0.29, 0.717) is 0 Å². The number of hydrogen-bond donors (Lipinski definition) is 2. The summed E-state index contributed by atoms with van der Waals surface area (Å²) in [6.45, 7) is 3.36. The van der Waals surface area contributed by atoms with E-state index in [4.69, 9.17) is 10.8 Å². The number of carbonyl (C=O) groups is 1. The topological polar surface area (TPSA) is 63.3 Å². The van der Waals surface area contributed by atoms with Crippen molar-refractivity contribution in [1.29, 1.82) is 0 Å². The Labute approximate surface area is 71.6 Å². The highest BCUT2D eigenvalue weighted by Crippen LogP contribution is 2.29. The third kappa shape index (κ3) is 1.58. The molecular formula is C9H13NO2. The minimum Gasteiger partial charge on any atom is -0.477 e. The van der Waals surface area contributed by atoms with Gasteiger partial charge in [0.05, 0.1) is 5.57 Å². The molecule has 1 saturated carbocycles. The Bertz CT molecular complexity index is 241.